The van der Waals surface area contributed by atoms with Crippen molar-refractivity contribution >= 4 is 11.9 Å². The van der Waals surface area contributed by atoms with Gasteiger partial charge in [-0.2, -0.15) is 0 Å². The van der Waals surface area contributed by atoms with E-state index in [0.717, 1.165) is 0 Å². The maximum absolute atomic E-state index is 11.6. The second-order valence-electron chi connectivity index (χ2n) is 4.38. The van der Waals surface area contributed by atoms with Crippen LogP contribution in [-0.2, 0) is 9.53 Å². The summed E-state index contributed by atoms with van der Waals surface area (Å²) in [5, 5.41) is 21.8. The number of urea groups is 1. The lowest BCUT2D eigenvalue weighted by atomic mass is 9.97. The molecule has 3 rings (SSSR count). The van der Waals surface area contributed by atoms with E-state index in [1.807, 2.05) is 0 Å². The lowest BCUT2D eigenvalue weighted by Gasteiger charge is -2.45. The molecule has 3 heterocycles. The number of carbonyl (C=O) groups is 2. The van der Waals surface area contributed by atoms with Crippen LogP contribution >= 0.6 is 0 Å². The summed E-state index contributed by atoms with van der Waals surface area (Å²) in [5.74, 6) is -0.402. The number of rotatable bonds is 0. The van der Waals surface area contributed by atoms with Crippen LogP contribution in [0.3, 0.4) is 0 Å². The lowest BCUT2D eigenvalue weighted by molar-refractivity contribution is -0.178. The smallest absolute Gasteiger partial charge is 0.326 e. The Hall–Kier alpha value is -1.18. The SMILES string of the molecule is O=C1C[C@H]2[C@H](O)[C@H]3O[C@H](C[C@H]3O)N2C(=O)N1. The molecule has 0 aromatic carbocycles. The molecule has 0 saturated carbocycles. The third-order valence-electron chi connectivity index (χ3n) is 3.41. The molecule has 3 saturated heterocycles. The van der Waals surface area contributed by atoms with Crippen molar-refractivity contribution in [1.82, 2.24) is 10.2 Å². The van der Waals surface area contributed by atoms with Gasteiger partial charge in [-0.05, 0) is 0 Å². The first-order valence-electron chi connectivity index (χ1n) is 5.21. The molecular formula is C9H12N2O5. The topological polar surface area (TPSA) is 99.1 Å². The number of ether oxygens (including phenoxy) is 1. The molecule has 7 heteroatoms. The minimum absolute atomic E-state index is 0.0516. The standard InChI is InChI=1S/C9H12N2O5/c12-4-2-6-11-3(7(14)8(4)16-6)1-5(13)10-9(11)15/h3-4,6-8,12,14H,1-2H2,(H,10,13,15)/t3-,4+,6+,7-,8-/m0/s1. The van der Waals surface area contributed by atoms with Gasteiger partial charge in [0.25, 0.3) is 0 Å². The highest BCUT2D eigenvalue weighted by molar-refractivity contribution is 5.97. The zero-order valence-electron chi connectivity index (χ0n) is 8.37. The van der Waals surface area contributed by atoms with Crippen molar-refractivity contribution < 1.29 is 24.5 Å². The molecule has 88 valence electrons. The molecule has 3 aliphatic heterocycles. The summed E-state index contributed by atoms with van der Waals surface area (Å²) >= 11 is 0. The fourth-order valence-corrected chi connectivity index (χ4v) is 2.68. The van der Waals surface area contributed by atoms with Crippen LogP contribution in [-0.4, -0.2) is 57.6 Å². The van der Waals surface area contributed by atoms with E-state index in [2.05, 4.69) is 5.32 Å². The van der Waals surface area contributed by atoms with E-state index in [-0.39, 0.29) is 12.8 Å². The molecule has 0 aliphatic carbocycles. The largest absolute Gasteiger partial charge is 0.390 e. The molecule has 7 nitrogen and oxygen atoms in total. The molecule has 3 amide bonds. The highest BCUT2D eigenvalue weighted by Crippen LogP contribution is 2.36. The second-order valence-corrected chi connectivity index (χ2v) is 4.38. The summed E-state index contributed by atoms with van der Waals surface area (Å²) in [5.41, 5.74) is 0. The van der Waals surface area contributed by atoms with E-state index in [9.17, 15) is 19.8 Å². The first-order valence-corrected chi connectivity index (χ1v) is 5.21. The van der Waals surface area contributed by atoms with Crippen LogP contribution in [0.1, 0.15) is 12.8 Å². The number of imide groups is 1. The molecule has 3 aliphatic rings. The van der Waals surface area contributed by atoms with Crippen LogP contribution < -0.4 is 5.32 Å². The number of hydrogen-bond acceptors (Lipinski definition) is 5. The number of aliphatic hydroxyl groups is 2. The summed E-state index contributed by atoms with van der Waals surface area (Å²) in [6, 6.07) is -1.14. The summed E-state index contributed by atoms with van der Waals surface area (Å²) < 4.78 is 5.35. The summed E-state index contributed by atoms with van der Waals surface area (Å²) in [6.45, 7) is 0. The predicted octanol–water partition coefficient (Wildman–Crippen LogP) is -1.85. The minimum Gasteiger partial charge on any atom is -0.390 e. The molecule has 0 spiro atoms. The lowest BCUT2D eigenvalue weighted by Crippen LogP contribution is -2.66. The fourth-order valence-electron chi connectivity index (χ4n) is 2.68. The Balaban J connectivity index is 1.95. The molecule has 2 bridgehead atoms. The number of carbonyl (C=O) groups excluding carboxylic acids is 2. The van der Waals surface area contributed by atoms with Gasteiger partial charge in [-0.1, -0.05) is 0 Å². The summed E-state index contributed by atoms with van der Waals surface area (Å²) in [6.07, 6.45) is -2.70. The maximum atomic E-state index is 11.6. The molecule has 0 radical (unpaired) electrons. The summed E-state index contributed by atoms with van der Waals surface area (Å²) in [4.78, 5) is 24.1. The molecular weight excluding hydrogens is 216 g/mol. The number of aliphatic hydroxyl groups excluding tert-OH is 2. The first kappa shape index (κ1) is 10.0. The van der Waals surface area contributed by atoms with E-state index < -0.39 is 42.5 Å². The highest BCUT2D eigenvalue weighted by Gasteiger charge is 2.55. The average Bonchev–Trinajstić information content (AvgIpc) is 2.53. The monoisotopic (exact) mass is 228 g/mol. The van der Waals surface area contributed by atoms with Crippen LogP contribution in [0.15, 0.2) is 0 Å². The van der Waals surface area contributed by atoms with Gasteiger partial charge < -0.3 is 14.9 Å². The van der Waals surface area contributed by atoms with Gasteiger partial charge >= 0.3 is 6.03 Å². The molecule has 0 aromatic heterocycles. The van der Waals surface area contributed by atoms with E-state index in [4.69, 9.17) is 4.74 Å². The Bertz CT molecular complexity index is 360. The quantitative estimate of drug-likeness (QED) is 0.452. The van der Waals surface area contributed by atoms with E-state index >= 15 is 0 Å². The van der Waals surface area contributed by atoms with Crippen molar-refractivity contribution in [3.63, 3.8) is 0 Å². The fraction of sp³-hybridized carbons (Fsp3) is 0.778. The highest BCUT2D eigenvalue weighted by atomic mass is 16.6. The van der Waals surface area contributed by atoms with Gasteiger partial charge in [-0.15, -0.1) is 0 Å². The minimum atomic E-state index is -1.01. The first-order chi connectivity index (χ1) is 7.58. The van der Waals surface area contributed by atoms with Crippen LogP contribution in [0.5, 0.6) is 0 Å². The van der Waals surface area contributed by atoms with Crippen molar-refractivity contribution in [2.75, 3.05) is 0 Å². The molecule has 3 fully saturated rings. The Morgan fingerprint density at radius 2 is 2.12 bits per heavy atom. The second kappa shape index (κ2) is 3.16. The number of fused-ring (bicyclic) bond motifs is 4. The summed E-state index contributed by atoms with van der Waals surface area (Å²) in [7, 11) is 0. The van der Waals surface area contributed by atoms with Crippen molar-refractivity contribution in [2.24, 2.45) is 0 Å². The number of amides is 3. The van der Waals surface area contributed by atoms with Crippen LogP contribution in [0.4, 0.5) is 4.79 Å². The zero-order valence-corrected chi connectivity index (χ0v) is 8.37. The maximum Gasteiger partial charge on any atom is 0.326 e. The molecule has 16 heavy (non-hydrogen) atoms. The average molecular weight is 228 g/mol. The Labute approximate surface area is 91.0 Å². The Kier molecular flexibility index (Phi) is 1.97. The van der Waals surface area contributed by atoms with E-state index in [1.165, 1.54) is 4.90 Å². The molecule has 5 atom stereocenters. The zero-order chi connectivity index (χ0) is 11.4. The van der Waals surface area contributed by atoms with Crippen LogP contribution in [0, 0.1) is 0 Å². The van der Waals surface area contributed by atoms with Crippen molar-refractivity contribution in [3.8, 4) is 0 Å². The van der Waals surface area contributed by atoms with Crippen LogP contribution in [0.25, 0.3) is 0 Å². The molecule has 3 N–H and O–H groups in total. The van der Waals surface area contributed by atoms with Crippen molar-refractivity contribution in [3.05, 3.63) is 0 Å². The van der Waals surface area contributed by atoms with Gasteiger partial charge in [0.2, 0.25) is 5.91 Å². The molecule has 0 unspecified atom stereocenters. The Morgan fingerprint density at radius 1 is 1.38 bits per heavy atom. The normalized spacial score (nSPS) is 46.6. The number of nitrogens with one attached hydrogen (secondary N) is 1. The third kappa shape index (κ3) is 1.19. The van der Waals surface area contributed by atoms with Gasteiger partial charge in [0, 0.05) is 6.42 Å². The predicted molar refractivity (Wildman–Crippen MR) is 49.1 cm³/mol. The van der Waals surface area contributed by atoms with E-state index in [1.54, 1.807) is 0 Å². The van der Waals surface area contributed by atoms with Crippen molar-refractivity contribution in [1.29, 1.82) is 0 Å². The van der Waals surface area contributed by atoms with Crippen LogP contribution in [0.2, 0.25) is 0 Å². The number of nitrogens with zero attached hydrogens (tertiary/aromatic N) is 1. The van der Waals surface area contributed by atoms with Gasteiger partial charge in [0.1, 0.15) is 18.4 Å². The van der Waals surface area contributed by atoms with Gasteiger partial charge in [-0.25, -0.2) is 4.79 Å². The third-order valence-corrected chi connectivity index (χ3v) is 3.41. The molecule has 0 aromatic rings. The Morgan fingerprint density at radius 3 is 2.88 bits per heavy atom. The van der Waals surface area contributed by atoms with Gasteiger partial charge in [0.05, 0.1) is 18.6 Å². The van der Waals surface area contributed by atoms with Gasteiger partial charge in [0.15, 0.2) is 0 Å². The van der Waals surface area contributed by atoms with Gasteiger partial charge in [-0.3, -0.25) is 15.0 Å². The van der Waals surface area contributed by atoms with Crippen molar-refractivity contribution in [2.45, 2.75) is 43.4 Å². The number of hydrogen-bond donors (Lipinski definition) is 3. The van der Waals surface area contributed by atoms with E-state index in [0.29, 0.717) is 0 Å².